The van der Waals surface area contributed by atoms with Crippen molar-refractivity contribution in [2.75, 3.05) is 5.32 Å². The first-order valence-corrected chi connectivity index (χ1v) is 7.79. The van der Waals surface area contributed by atoms with Crippen LogP contribution in [-0.4, -0.2) is 11.8 Å². The Morgan fingerprint density at radius 3 is 2.88 bits per heavy atom. The summed E-state index contributed by atoms with van der Waals surface area (Å²) in [5, 5.41) is 15.2. The highest BCUT2D eigenvalue weighted by molar-refractivity contribution is 6.31. The lowest BCUT2D eigenvalue weighted by atomic mass is 10.1. The maximum Gasteiger partial charge on any atom is 0.228 e. The molecule has 0 spiro atoms. The number of anilines is 1. The molecule has 0 radical (unpaired) electrons. The summed E-state index contributed by atoms with van der Waals surface area (Å²) in [6, 6.07) is 13.6. The fraction of sp³-hybridized carbons (Fsp3) is 0.167. The molecule has 0 bridgehead atoms. The average Bonchev–Trinajstić information content (AvgIpc) is 2.92. The second-order valence-corrected chi connectivity index (χ2v) is 5.95. The number of amides is 2. The van der Waals surface area contributed by atoms with E-state index in [-0.39, 0.29) is 18.2 Å². The summed E-state index contributed by atoms with van der Waals surface area (Å²) in [6.07, 6.45) is 0.483. The fourth-order valence-corrected chi connectivity index (χ4v) is 2.90. The molecule has 1 heterocycles. The minimum absolute atomic E-state index is 0.0464. The van der Waals surface area contributed by atoms with Crippen LogP contribution in [0.2, 0.25) is 5.02 Å². The molecule has 2 aromatic carbocycles. The zero-order valence-corrected chi connectivity index (χ0v) is 13.4. The Kier molecular flexibility index (Phi) is 4.50. The van der Waals surface area contributed by atoms with E-state index in [1.807, 2.05) is 18.2 Å². The zero-order valence-electron chi connectivity index (χ0n) is 12.7. The predicted molar refractivity (Wildman–Crippen MR) is 90.4 cm³/mol. The van der Waals surface area contributed by atoms with Crippen molar-refractivity contribution in [1.82, 2.24) is 5.32 Å². The van der Waals surface area contributed by atoms with E-state index in [1.54, 1.807) is 30.3 Å². The first-order valence-electron chi connectivity index (χ1n) is 7.42. The molecule has 0 saturated carbocycles. The highest BCUT2D eigenvalue weighted by Crippen LogP contribution is 2.25. The topological polar surface area (TPSA) is 82.0 Å². The van der Waals surface area contributed by atoms with E-state index in [0.29, 0.717) is 17.0 Å². The van der Waals surface area contributed by atoms with Crippen LogP contribution >= 0.6 is 11.6 Å². The Hall–Kier alpha value is -2.84. The molecular weight excluding hydrogens is 326 g/mol. The van der Waals surface area contributed by atoms with Crippen LogP contribution in [0.1, 0.15) is 22.7 Å². The Morgan fingerprint density at radius 1 is 1.33 bits per heavy atom. The molecular formula is C18H14ClN3O2. The van der Waals surface area contributed by atoms with Gasteiger partial charge in [0.05, 0.1) is 18.9 Å². The van der Waals surface area contributed by atoms with Crippen molar-refractivity contribution in [3.8, 4) is 6.07 Å². The molecule has 6 heteroatoms. The van der Waals surface area contributed by atoms with Crippen molar-refractivity contribution < 1.29 is 9.59 Å². The first kappa shape index (κ1) is 16.0. The van der Waals surface area contributed by atoms with E-state index in [9.17, 15) is 14.9 Å². The van der Waals surface area contributed by atoms with Gasteiger partial charge in [0.1, 0.15) is 6.04 Å². The minimum atomic E-state index is -0.805. The van der Waals surface area contributed by atoms with E-state index >= 15 is 0 Å². The van der Waals surface area contributed by atoms with Gasteiger partial charge < -0.3 is 10.6 Å². The molecule has 0 saturated heterocycles. The molecule has 24 heavy (non-hydrogen) atoms. The molecule has 0 fully saturated rings. The summed E-state index contributed by atoms with van der Waals surface area (Å²) in [5.41, 5.74) is 3.00. The molecule has 3 rings (SSSR count). The number of nitriles is 1. The SMILES string of the molecule is N#C[C@H](NC(=O)Cc1ccc2c(c1)NC(=O)C2)c1ccccc1Cl. The maximum absolute atomic E-state index is 12.2. The van der Waals surface area contributed by atoms with Gasteiger partial charge >= 0.3 is 0 Å². The smallest absolute Gasteiger partial charge is 0.228 e. The normalized spacial score (nSPS) is 13.6. The Morgan fingerprint density at radius 2 is 2.12 bits per heavy atom. The van der Waals surface area contributed by atoms with Gasteiger partial charge in [-0.15, -0.1) is 0 Å². The lowest BCUT2D eigenvalue weighted by Crippen LogP contribution is -2.29. The molecule has 0 aliphatic carbocycles. The molecule has 2 N–H and O–H groups in total. The van der Waals surface area contributed by atoms with Crippen LogP contribution < -0.4 is 10.6 Å². The summed E-state index contributed by atoms with van der Waals surface area (Å²) in [6.45, 7) is 0. The van der Waals surface area contributed by atoms with E-state index in [4.69, 9.17) is 11.6 Å². The van der Waals surface area contributed by atoms with Crippen LogP contribution in [0.15, 0.2) is 42.5 Å². The van der Waals surface area contributed by atoms with Crippen LogP contribution in [0.4, 0.5) is 5.69 Å². The van der Waals surface area contributed by atoms with Crippen molar-refractivity contribution in [2.45, 2.75) is 18.9 Å². The van der Waals surface area contributed by atoms with Gasteiger partial charge in [-0.1, -0.05) is 41.9 Å². The number of hydrogen-bond acceptors (Lipinski definition) is 3. The number of rotatable bonds is 4. The standard InChI is InChI=1S/C18H14ClN3O2/c19-14-4-2-1-3-13(14)16(10-20)22-17(23)8-11-5-6-12-9-18(24)21-15(12)7-11/h1-7,16H,8-9H2,(H,21,24)(H,22,23)/t16-/m0/s1. The number of benzene rings is 2. The molecule has 2 amide bonds. The summed E-state index contributed by atoms with van der Waals surface area (Å²) in [4.78, 5) is 23.6. The molecule has 1 aliphatic rings. The van der Waals surface area contributed by atoms with Crippen LogP contribution in [-0.2, 0) is 22.4 Å². The second kappa shape index (κ2) is 6.73. The summed E-state index contributed by atoms with van der Waals surface area (Å²) < 4.78 is 0. The third kappa shape index (κ3) is 3.39. The highest BCUT2D eigenvalue weighted by Gasteiger charge is 2.19. The average molecular weight is 340 g/mol. The predicted octanol–water partition coefficient (Wildman–Crippen LogP) is 2.76. The van der Waals surface area contributed by atoms with Gasteiger partial charge in [-0.25, -0.2) is 0 Å². The summed E-state index contributed by atoms with van der Waals surface area (Å²) in [7, 11) is 0. The number of halogens is 1. The van der Waals surface area contributed by atoms with E-state index in [2.05, 4.69) is 10.6 Å². The van der Waals surface area contributed by atoms with E-state index in [0.717, 1.165) is 16.8 Å². The van der Waals surface area contributed by atoms with Crippen LogP contribution in [0.5, 0.6) is 0 Å². The largest absolute Gasteiger partial charge is 0.336 e. The lowest BCUT2D eigenvalue weighted by Gasteiger charge is -2.13. The van der Waals surface area contributed by atoms with E-state index in [1.165, 1.54) is 0 Å². The Labute approximate surface area is 144 Å². The molecule has 2 aromatic rings. The fourth-order valence-electron chi connectivity index (χ4n) is 2.66. The Balaban J connectivity index is 1.70. The van der Waals surface area contributed by atoms with Gasteiger partial charge in [-0.2, -0.15) is 5.26 Å². The van der Waals surface area contributed by atoms with Crippen molar-refractivity contribution in [3.63, 3.8) is 0 Å². The third-order valence-corrected chi connectivity index (χ3v) is 4.16. The number of hydrogen-bond donors (Lipinski definition) is 2. The summed E-state index contributed by atoms with van der Waals surface area (Å²) in [5.74, 6) is -0.333. The molecule has 0 unspecified atom stereocenters. The lowest BCUT2D eigenvalue weighted by molar-refractivity contribution is -0.120. The number of nitrogens with zero attached hydrogens (tertiary/aromatic N) is 1. The maximum atomic E-state index is 12.2. The number of nitrogens with one attached hydrogen (secondary N) is 2. The van der Waals surface area contributed by atoms with Gasteiger partial charge in [-0.05, 0) is 23.3 Å². The Bertz CT molecular complexity index is 858. The minimum Gasteiger partial charge on any atom is -0.336 e. The summed E-state index contributed by atoms with van der Waals surface area (Å²) >= 11 is 6.08. The van der Waals surface area contributed by atoms with E-state index < -0.39 is 6.04 Å². The monoisotopic (exact) mass is 339 g/mol. The molecule has 1 aliphatic heterocycles. The second-order valence-electron chi connectivity index (χ2n) is 5.54. The molecule has 5 nitrogen and oxygen atoms in total. The number of carbonyl (C=O) groups excluding carboxylic acids is 2. The molecule has 1 atom stereocenters. The van der Waals surface area contributed by atoms with Crippen LogP contribution in [0.3, 0.4) is 0 Å². The van der Waals surface area contributed by atoms with Gasteiger partial charge in [-0.3, -0.25) is 9.59 Å². The van der Waals surface area contributed by atoms with Crippen molar-refractivity contribution in [1.29, 1.82) is 5.26 Å². The van der Waals surface area contributed by atoms with Crippen LogP contribution in [0.25, 0.3) is 0 Å². The quantitative estimate of drug-likeness (QED) is 0.898. The van der Waals surface area contributed by atoms with Gasteiger partial charge in [0.25, 0.3) is 0 Å². The van der Waals surface area contributed by atoms with Gasteiger partial charge in [0, 0.05) is 16.3 Å². The van der Waals surface area contributed by atoms with Gasteiger partial charge in [0.15, 0.2) is 0 Å². The third-order valence-electron chi connectivity index (χ3n) is 3.81. The van der Waals surface area contributed by atoms with Gasteiger partial charge in [0.2, 0.25) is 11.8 Å². The number of fused-ring (bicyclic) bond motifs is 1. The molecule has 0 aromatic heterocycles. The zero-order chi connectivity index (χ0) is 17.1. The highest BCUT2D eigenvalue weighted by atomic mass is 35.5. The van der Waals surface area contributed by atoms with Crippen LogP contribution in [0, 0.1) is 11.3 Å². The number of carbonyl (C=O) groups is 2. The first-order chi connectivity index (χ1) is 11.6. The van der Waals surface area contributed by atoms with Crippen molar-refractivity contribution in [3.05, 3.63) is 64.2 Å². The molecule has 120 valence electrons. The van der Waals surface area contributed by atoms with Crippen molar-refractivity contribution in [2.24, 2.45) is 0 Å². The van der Waals surface area contributed by atoms with Crippen molar-refractivity contribution >= 4 is 29.1 Å².